The summed E-state index contributed by atoms with van der Waals surface area (Å²) in [7, 11) is 0. The van der Waals surface area contributed by atoms with Gasteiger partial charge in [-0.2, -0.15) is 0 Å². The number of hydrogen-bond acceptors (Lipinski definition) is 2. The van der Waals surface area contributed by atoms with Gasteiger partial charge in [-0.05, 0) is 18.8 Å². The summed E-state index contributed by atoms with van der Waals surface area (Å²) in [6.45, 7) is 2.28. The molecule has 1 saturated carbocycles. The molecule has 0 spiro atoms. The topological polar surface area (TPSA) is 45.8 Å². The number of nitrogens with zero attached hydrogens (tertiary/aromatic N) is 1. The Morgan fingerprint density at radius 3 is 2.75 bits per heavy atom. The molecule has 0 bridgehead atoms. The van der Waals surface area contributed by atoms with Gasteiger partial charge in [-0.15, -0.1) is 0 Å². The Morgan fingerprint density at radius 1 is 1.20 bits per heavy atom. The predicted octanol–water partition coefficient (Wildman–Crippen LogP) is 3.73. The van der Waals surface area contributed by atoms with Crippen molar-refractivity contribution in [3.05, 3.63) is 52.6 Å². The van der Waals surface area contributed by atoms with Gasteiger partial charge in [0.2, 0.25) is 0 Å². The van der Waals surface area contributed by atoms with E-state index in [2.05, 4.69) is 11.9 Å². The van der Waals surface area contributed by atoms with Crippen molar-refractivity contribution >= 4 is 0 Å². The number of benzene rings is 1. The molecule has 0 radical (unpaired) electrons. The van der Waals surface area contributed by atoms with E-state index in [1.807, 2.05) is 30.3 Å². The van der Waals surface area contributed by atoms with Crippen LogP contribution in [0, 0.1) is 5.92 Å². The average Bonchev–Trinajstić information content (AvgIpc) is 2.47. The molecule has 1 aromatic heterocycles. The molecule has 0 amide bonds. The first-order valence-electron chi connectivity index (χ1n) is 7.39. The van der Waals surface area contributed by atoms with E-state index in [0.717, 1.165) is 35.8 Å². The Balaban J connectivity index is 1.97. The summed E-state index contributed by atoms with van der Waals surface area (Å²) in [6.07, 6.45) is 4.77. The third-order valence-electron chi connectivity index (χ3n) is 4.15. The zero-order valence-electron chi connectivity index (χ0n) is 11.8. The molecule has 3 rings (SSSR count). The molecule has 2 aromatic rings. The van der Waals surface area contributed by atoms with Crippen LogP contribution in [0.25, 0.3) is 11.3 Å². The summed E-state index contributed by atoms with van der Waals surface area (Å²) >= 11 is 0. The second-order valence-electron chi connectivity index (χ2n) is 5.85. The van der Waals surface area contributed by atoms with Crippen molar-refractivity contribution in [2.24, 2.45) is 5.92 Å². The molecule has 1 N–H and O–H groups in total. The fourth-order valence-electron chi connectivity index (χ4n) is 3.11. The molecule has 0 aliphatic heterocycles. The molecule has 0 saturated heterocycles. The highest BCUT2D eigenvalue weighted by atomic mass is 16.1. The van der Waals surface area contributed by atoms with Crippen molar-refractivity contribution in [3.8, 4) is 11.3 Å². The Kier molecular flexibility index (Phi) is 3.68. The van der Waals surface area contributed by atoms with Crippen LogP contribution in [0.5, 0.6) is 0 Å². The van der Waals surface area contributed by atoms with Crippen LogP contribution in [0.15, 0.2) is 41.2 Å². The van der Waals surface area contributed by atoms with E-state index in [4.69, 9.17) is 4.98 Å². The second kappa shape index (κ2) is 5.61. The first-order chi connectivity index (χ1) is 9.72. The van der Waals surface area contributed by atoms with E-state index >= 15 is 0 Å². The van der Waals surface area contributed by atoms with Crippen LogP contribution in [0.2, 0.25) is 0 Å². The summed E-state index contributed by atoms with van der Waals surface area (Å²) in [4.78, 5) is 19.6. The molecule has 1 heterocycles. The number of nitrogens with one attached hydrogen (secondary N) is 1. The smallest absolute Gasteiger partial charge is 0.251 e. The molecule has 2 unspecified atom stereocenters. The standard InChI is InChI=1S/C17H20N2O/c1-12-6-5-9-14(10-12)17-18-15(11-16(20)19-17)13-7-3-2-4-8-13/h2-4,7-8,11-12,14H,5-6,9-10H2,1H3,(H,18,19,20). The Hall–Kier alpha value is -1.90. The lowest BCUT2D eigenvalue weighted by atomic mass is 9.82. The molecule has 1 fully saturated rings. The molecule has 1 aromatic carbocycles. The fraction of sp³-hybridized carbons (Fsp3) is 0.412. The lowest BCUT2D eigenvalue weighted by molar-refractivity contribution is 0.335. The highest BCUT2D eigenvalue weighted by Gasteiger charge is 2.22. The molecule has 1 aliphatic rings. The minimum Gasteiger partial charge on any atom is -0.310 e. The number of H-pyrrole nitrogens is 1. The van der Waals surface area contributed by atoms with Gasteiger partial charge < -0.3 is 4.98 Å². The van der Waals surface area contributed by atoms with Gasteiger partial charge in [0.05, 0.1) is 5.69 Å². The highest BCUT2D eigenvalue weighted by molar-refractivity contribution is 5.58. The number of aromatic nitrogens is 2. The van der Waals surface area contributed by atoms with Crippen LogP contribution in [-0.2, 0) is 0 Å². The zero-order valence-corrected chi connectivity index (χ0v) is 11.8. The van der Waals surface area contributed by atoms with E-state index in [1.54, 1.807) is 6.07 Å². The Labute approximate surface area is 119 Å². The summed E-state index contributed by atoms with van der Waals surface area (Å²) in [5.74, 6) is 1.98. The molecule has 20 heavy (non-hydrogen) atoms. The largest absolute Gasteiger partial charge is 0.310 e. The van der Waals surface area contributed by atoms with Crippen LogP contribution >= 0.6 is 0 Å². The van der Waals surface area contributed by atoms with Crippen LogP contribution in [0.3, 0.4) is 0 Å². The van der Waals surface area contributed by atoms with E-state index in [9.17, 15) is 4.79 Å². The van der Waals surface area contributed by atoms with Gasteiger partial charge in [0.1, 0.15) is 5.82 Å². The highest BCUT2D eigenvalue weighted by Crippen LogP contribution is 2.34. The van der Waals surface area contributed by atoms with E-state index < -0.39 is 0 Å². The van der Waals surface area contributed by atoms with Gasteiger partial charge in [-0.25, -0.2) is 4.98 Å². The third-order valence-corrected chi connectivity index (χ3v) is 4.15. The van der Waals surface area contributed by atoms with Crippen molar-refractivity contribution in [2.75, 3.05) is 0 Å². The minimum absolute atomic E-state index is 0.0490. The van der Waals surface area contributed by atoms with Crippen LogP contribution in [-0.4, -0.2) is 9.97 Å². The van der Waals surface area contributed by atoms with Crippen molar-refractivity contribution in [1.82, 2.24) is 9.97 Å². The van der Waals surface area contributed by atoms with Gasteiger partial charge >= 0.3 is 0 Å². The minimum atomic E-state index is -0.0490. The van der Waals surface area contributed by atoms with Crippen molar-refractivity contribution in [3.63, 3.8) is 0 Å². The Morgan fingerprint density at radius 2 is 2.00 bits per heavy atom. The molecule has 1 aliphatic carbocycles. The zero-order chi connectivity index (χ0) is 13.9. The van der Waals surface area contributed by atoms with E-state index in [-0.39, 0.29) is 5.56 Å². The lowest BCUT2D eigenvalue weighted by Crippen LogP contribution is -2.19. The number of aromatic amines is 1. The first-order valence-corrected chi connectivity index (χ1v) is 7.39. The van der Waals surface area contributed by atoms with Crippen molar-refractivity contribution < 1.29 is 0 Å². The fourth-order valence-corrected chi connectivity index (χ4v) is 3.11. The molecular weight excluding hydrogens is 248 g/mol. The van der Waals surface area contributed by atoms with Crippen molar-refractivity contribution in [2.45, 2.75) is 38.5 Å². The second-order valence-corrected chi connectivity index (χ2v) is 5.85. The summed E-state index contributed by atoms with van der Waals surface area (Å²) in [5.41, 5.74) is 1.73. The SMILES string of the molecule is CC1CCCC(c2nc(-c3ccccc3)cc(=O)[nH]2)C1. The van der Waals surface area contributed by atoms with Gasteiger partial charge in [-0.1, -0.05) is 50.1 Å². The quantitative estimate of drug-likeness (QED) is 0.902. The predicted molar refractivity (Wildman–Crippen MR) is 80.7 cm³/mol. The summed E-state index contributed by atoms with van der Waals surface area (Å²) in [5, 5.41) is 0. The van der Waals surface area contributed by atoms with Gasteiger partial charge in [0.25, 0.3) is 5.56 Å². The molecule has 3 nitrogen and oxygen atoms in total. The molecular formula is C17H20N2O. The number of hydrogen-bond donors (Lipinski definition) is 1. The third kappa shape index (κ3) is 2.82. The van der Waals surface area contributed by atoms with E-state index in [0.29, 0.717) is 5.92 Å². The maximum atomic E-state index is 11.9. The normalized spacial score (nSPS) is 22.6. The maximum absolute atomic E-state index is 11.9. The monoisotopic (exact) mass is 268 g/mol. The average molecular weight is 268 g/mol. The number of rotatable bonds is 2. The van der Waals surface area contributed by atoms with Crippen LogP contribution in [0.4, 0.5) is 0 Å². The van der Waals surface area contributed by atoms with E-state index in [1.165, 1.54) is 12.8 Å². The Bertz CT molecular complexity index is 633. The summed E-state index contributed by atoms with van der Waals surface area (Å²) in [6, 6.07) is 11.5. The van der Waals surface area contributed by atoms with Crippen molar-refractivity contribution in [1.29, 1.82) is 0 Å². The van der Waals surface area contributed by atoms with Gasteiger partial charge in [0.15, 0.2) is 0 Å². The summed E-state index contributed by atoms with van der Waals surface area (Å²) < 4.78 is 0. The molecule has 3 heteroatoms. The van der Waals surface area contributed by atoms with Crippen LogP contribution in [0.1, 0.15) is 44.3 Å². The first kappa shape index (κ1) is 13.1. The lowest BCUT2D eigenvalue weighted by Gasteiger charge is -2.26. The molecule has 2 atom stereocenters. The van der Waals surface area contributed by atoms with Gasteiger partial charge in [-0.3, -0.25) is 4.79 Å². The maximum Gasteiger partial charge on any atom is 0.251 e. The molecule has 104 valence electrons. The van der Waals surface area contributed by atoms with Gasteiger partial charge in [0, 0.05) is 17.5 Å². The van der Waals surface area contributed by atoms with Crippen LogP contribution < -0.4 is 5.56 Å².